The summed E-state index contributed by atoms with van der Waals surface area (Å²) in [6.07, 6.45) is -1.46. The monoisotopic (exact) mass is 428 g/mol. The summed E-state index contributed by atoms with van der Waals surface area (Å²) < 4.78 is 29.9. The molecule has 0 saturated carbocycles. The minimum atomic E-state index is -0.732. The molecule has 5 atom stereocenters. The summed E-state index contributed by atoms with van der Waals surface area (Å²) in [7, 11) is 0. The average Bonchev–Trinajstić information content (AvgIpc) is 3.20. The van der Waals surface area contributed by atoms with Crippen molar-refractivity contribution >= 4 is 34.6 Å². The molecule has 4 rings (SSSR count). The number of thiocarbonyl (C=S) groups is 1. The highest BCUT2D eigenvalue weighted by molar-refractivity contribution is 7.80. The summed E-state index contributed by atoms with van der Waals surface area (Å²) >= 11 is 11.7. The maximum Gasteiger partial charge on any atom is 0.189 e. The number of hydrogen-bond acceptors (Lipinski definition) is 6. The molecule has 1 aromatic rings. The summed E-state index contributed by atoms with van der Waals surface area (Å²) in [5.74, 6) is -1.39. The zero-order valence-electron chi connectivity index (χ0n) is 16.2. The Kier molecular flexibility index (Phi) is 5.33. The second-order valence-electron chi connectivity index (χ2n) is 8.04. The average molecular weight is 429 g/mol. The molecule has 0 unspecified atom stereocenters. The molecule has 9 heteroatoms. The van der Waals surface area contributed by atoms with E-state index in [-0.39, 0.29) is 24.4 Å². The Morgan fingerprint density at radius 2 is 1.82 bits per heavy atom. The molecule has 2 N–H and O–H groups in total. The van der Waals surface area contributed by atoms with E-state index in [1.807, 2.05) is 45.9 Å². The van der Waals surface area contributed by atoms with Gasteiger partial charge < -0.3 is 34.3 Å². The number of nitrogens with one attached hydrogen (secondary N) is 2. The minimum Gasteiger partial charge on any atom is -0.354 e. The quantitative estimate of drug-likeness (QED) is 0.712. The van der Waals surface area contributed by atoms with Crippen LogP contribution in [0.4, 0.5) is 5.69 Å². The molecule has 154 valence electrons. The van der Waals surface area contributed by atoms with Gasteiger partial charge in [0.1, 0.15) is 18.3 Å². The van der Waals surface area contributed by atoms with Crippen LogP contribution in [-0.4, -0.2) is 53.9 Å². The topological polar surface area (TPSA) is 70.2 Å². The van der Waals surface area contributed by atoms with Crippen molar-refractivity contribution < 1.29 is 23.7 Å². The van der Waals surface area contributed by atoms with Crippen molar-refractivity contribution in [2.75, 3.05) is 11.9 Å². The third-order valence-corrected chi connectivity index (χ3v) is 5.45. The molecular weight excluding hydrogens is 404 g/mol. The maximum atomic E-state index is 6.22. The van der Waals surface area contributed by atoms with Gasteiger partial charge in [-0.05, 0) is 52.0 Å². The zero-order chi connectivity index (χ0) is 20.1. The molecule has 1 aromatic carbocycles. The fourth-order valence-corrected chi connectivity index (χ4v) is 4.19. The van der Waals surface area contributed by atoms with Gasteiger partial charge in [-0.3, -0.25) is 0 Å². The number of anilines is 1. The van der Waals surface area contributed by atoms with Crippen LogP contribution in [0.5, 0.6) is 0 Å². The molecule has 28 heavy (non-hydrogen) atoms. The van der Waals surface area contributed by atoms with E-state index in [4.69, 9.17) is 47.5 Å². The lowest BCUT2D eigenvalue weighted by Crippen LogP contribution is -2.53. The molecule has 3 fully saturated rings. The highest BCUT2D eigenvalue weighted by Gasteiger charge is 2.58. The first-order chi connectivity index (χ1) is 13.1. The molecule has 7 nitrogen and oxygen atoms in total. The Morgan fingerprint density at radius 1 is 1.07 bits per heavy atom. The first kappa shape index (κ1) is 20.3. The smallest absolute Gasteiger partial charge is 0.189 e. The van der Waals surface area contributed by atoms with Crippen LogP contribution in [0.25, 0.3) is 0 Å². The maximum absolute atomic E-state index is 6.22. The molecule has 3 saturated heterocycles. The lowest BCUT2D eigenvalue weighted by atomic mass is 10.0. The van der Waals surface area contributed by atoms with Gasteiger partial charge in [0.15, 0.2) is 23.0 Å². The van der Waals surface area contributed by atoms with Gasteiger partial charge in [-0.2, -0.15) is 0 Å². The van der Waals surface area contributed by atoms with Crippen molar-refractivity contribution in [1.29, 1.82) is 0 Å². The number of halogens is 1. The lowest BCUT2D eigenvalue weighted by molar-refractivity contribution is -0.223. The Morgan fingerprint density at radius 3 is 2.50 bits per heavy atom. The number of fused-ring (bicyclic) bond motifs is 1. The fraction of sp³-hybridized carbons (Fsp3) is 0.632. The van der Waals surface area contributed by atoms with Gasteiger partial charge in [-0.1, -0.05) is 23.7 Å². The van der Waals surface area contributed by atoms with E-state index in [9.17, 15) is 0 Å². The van der Waals surface area contributed by atoms with Gasteiger partial charge in [0.25, 0.3) is 0 Å². The van der Waals surface area contributed by atoms with Crippen LogP contribution in [0.3, 0.4) is 0 Å². The largest absolute Gasteiger partial charge is 0.354 e. The molecule has 3 heterocycles. The van der Waals surface area contributed by atoms with E-state index in [1.54, 1.807) is 6.07 Å². The number of hydrogen-bond donors (Lipinski definition) is 2. The first-order valence-electron chi connectivity index (χ1n) is 9.28. The van der Waals surface area contributed by atoms with Crippen molar-refractivity contribution in [3.8, 4) is 0 Å². The number of benzene rings is 1. The SMILES string of the molecule is CC1(C)O[C@H]2O[C@H]([C@H]3COC(C)(C)O3)[C@@H](NC(=S)Nc3ccccc3Cl)[C@H]2O1. The molecule has 3 aliphatic heterocycles. The van der Waals surface area contributed by atoms with Crippen molar-refractivity contribution in [2.24, 2.45) is 0 Å². The van der Waals surface area contributed by atoms with Crippen molar-refractivity contribution in [2.45, 2.75) is 69.9 Å². The molecule has 0 amide bonds. The van der Waals surface area contributed by atoms with Crippen LogP contribution in [0.2, 0.25) is 5.02 Å². The summed E-state index contributed by atoms with van der Waals surface area (Å²) in [6.45, 7) is 7.90. The molecule has 0 spiro atoms. The van der Waals surface area contributed by atoms with Crippen LogP contribution >= 0.6 is 23.8 Å². The summed E-state index contributed by atoms with van der Waals surface area (Å²) in [4.78, 5) is 0. The first-order valence-corrected chi connectivity index (χ1v) is 10.1. The van der Waals surface area contributed by atoms with E-state index in [2.05, 4.69) is 10.6 Å². The van der Waals surface area contributed by atoms with Crippen molar-refractivity contribution in [3.05, 3.63) is 29.3 Å². The Balaban J connectivity index is 1.50. The molecule has 0 bridgehead atoms. The normalized spacial score (nSPS) is 35.5. The molecule has 0 radical (unpaired) electrons. The standard InChI is InChI=1S/C19H25ClN2O5S/c1-18(2)23-9-12(25-18)14-13(15-16(24-14)27-19(3,4)26-15)22-17(28)21-11-8-6-5-7-10(11)20/h5-8,12-16H,9H2,1-4H3,(H2,21,22,28)/t12-,13-,14-,15-,16-/m1/s1. The van der Waals surface area contributed by atoms with E-state index in [0.717, 1.165) is 5.69 Å². The summed E-state index contributed by atoms with van der Waals surface area (Å²) in [5.41, 5.74) is 0.721. The predicted octanol–water partition coefficient (Wildman–Crippen LogP) is 3.02. The van der Waals surface area contributed by atoms with Crippen LogP contribution in [-0.2, 0) is 23.7 Å². The Labute approximate surface area is 174 Å². The molecule has 0 aromatic heterocycles. The fourth-order valence-electron chi connectivity index (χ4n) is 3.76. The highest BCUT2D eigenvalue weighted by atomic mass is 35.5. The van der Waals surface area contributed by atoms with E-state index >= 15 is 0 Å². The second-order valence-corrected chi connectivity index (χ2v) is 8.86. The van der Waals surface area contributed by atoms with Gasteiger partial charge in [-0.25, -0.2) is 0 Å². The number of ether oxygens (including phenoxy) is 5. The van der Waals surface area contributed by atoms with Crippen LogP contribution in [0, 0.1) is 0 Å². The van der Waals surface area contributed by atoms with Crippen LogP contribution < -0.4 is 10.6 Å². The second kappa shape index (κ2) is 7.36. The molecule has 3 aliphatic rings. The van der Waals surface area contributed by atoms with Crippen molar-refractivity contribution in [1.82, 2.24) is 5.32 Å². The molecule has 0 aliphatic carbocycles. The summed E-state index contributed by atoms with van der Waals surface area (Å²) in [6, 6.07) is 7.12. The van der Waals surface area contributed by atoms with E-state index in [0.29, 0.717) is 16.7 Å². The van der Waals surface area contributed by atoms with Crippen LogP contribution in [0.15, 0.2) is 24.3 Å². The zero-order valence-corrected chi connectivity index (χ0v) is 17.8. The van der Waals surface area contributed by atoms with Gasteiger partial charge in [-0.15, -0.1) is 0 Å². The van der Waals surface area contributed by atoms with Crippen molar-refractivity contribution in [3.63, 3.8) is 0 Å². The minimum absolute atomic E-state index is 0.267. The van der Waals surface area contributed by atoms with Gasteiger partial charge in [0.05, 0.1) is 23.4 Å². The van der Waals surface area contributed by atoms with E-state index in [1.165, 1.54) is 0 Å². The third-order valence-electron chi connectivity index (χ3n) is 4.90. The highest BCUT2D eigenvalue weighted by Crippen LogP contribution is 2.40. The lowest BCUT2D eigenvalue weighted by Gasteiger charge is -2.30. The predicted molar refractivity (Wildman–Crippen MR) is 108 cm³/mol. The van der Waals surface area contributed by atoms with Gasteiger partial charge in [0.2, 0.25) is 0 Å². The van der Waals surface area contributed by atoms with Gasteiger partial charge >= 0.3 is 0 Å². The van der Waals surface area contributed by atoms with Crippen LogP contribution in [0.1, 0.15) is 27.7 Å². The third kappa shape index (κ3) is 4.14. The Hall–Kier alpha value is -1.00. The number of para-hydroxylation sites is 1. The van der Waals surface area contributed by atoms with Gasteiger partial charge in [0, 0.05) is 0 Å². The summed E-state index contributed by atoms with van der Waals surface area (Å²) in [5, 5.41) is 7.44. The Bertz CT molecular complexity index is 762. The number of rotatable bonds is 3. The molecular formula is C19H25ClN2O5S. The van der Waals surface area contributed by atoms with E-state index < -0.39 is 17.9 Å².